The quantitative estimate of drug-likeness (QED) is 0.548. The zero-order valence-electron chi connectivity index (χ0n) is 21.8. The van der Waals surface area contributed by atoms with Crippen LogP contribution in [-0.4, -0.2) is 54.4 Å². The summed E-state index contributed by atoms with van der Waals surface area (Å²) in [6, 6.07) is 2.91. The van der Waals surface area contributed by atoms with Crippen LogP contribution >= 0.6 is 0 Å². The van der Waals surface area contributed by atoms with E-state index in [4.69, 9.17) is 9.47 Å². The number of amides is 1. The summed E-state index contributed by atoms with van der Waals surface area (Å²) < 4.78 is 27.2. The number of likely N-dealkylation sites (tertiary alicyclic amines) is 1. The molecule has 1 N–H and O–H groups in total. The van der Waals surface area contributed by atoms with E-state index in [9.17, 15) is 9.90 Å². The van der Waals surface area contributed by atoms with Crippen molar-refractivity contribution in [1.29, 1.82) is 0 Å². The summed E-state index contributed by atoms with van der Waals surface area (Å²) >= 11 is 0. The van der Waals surface area contributed by atoms with Crippen molar-refractivity contribution in [3.8, 4) is 5.75 Å². The largest absolute Gasteiger partial charge is 0.493 e. The number of carbonyl (C=O) groups excluding carboxylic acids is 1. The molecule has 1 aliphatic heterocycles. The number of rotatable bonds is 7. The molecular weight excluding hydrogens is 445 g/mol. The van der Waals surface area contributed by atoms with Gasteiger partial charge in [-0.3, -0.25) is 4.79 Å². The average molecular weight is 488 g/mol. The lowest BCUT2D eigenvalue weighted by Crippen LogP contribution is -2.43. The van der Waals surface area contributed by atoms with Gasteiger partial charge in [-0.1, -0.05) is 13.8 Å². The van der Waals surface area contributed by atoms with Crippen molar-refractivity contribution in [2.45, 2.75) is 89.7 Å². The number of methoxy groups -OCH3 is 1. The fraction of sp³-hybridized carbons (Fsp3) is 0.759. The molecular formula is C29H42FNO4. The Labute approximate surface area is 209 Å². The normalized spacial score (nSPS) is 36.9. The Hall–Kier alpha value is -1.66. The van der Waals surface area contributed by atoms with Crippen LogP contribution in [0.4, 0.5) is 4.39 Å². The van der Waals surface area contributed by atoms with Gasteiger partial charge in [0.2, 0.25) is 0 Å². The van der Waals surface area contributed by atoms with Gasteiger partial charge in [0, 0.05) is 31.6 Å². The van der Waals surface area contributed by atoms with E-state index in [1.54, 1.807) is 25.0 Å². The lowest BCUT2D eigenvalue weighted by molar-refractivity contribution is -0.0167. The van der Waals surface area contributed by atoms with E-state index in [0.717, 1.165) is 24.3 Å². The molecule has 35 heavy (non-hydrogen) atoms. The molecule has 5 rings (SSSR count). The maximum absolute atomic E-state index is 15.4. The van der Waals surface area contributed by atoms with Gasteiger partial charge in [-0.25, -0.2) is 4.39 Å². The minimum Gasteiger partial charge on any atom is -0.493 e. The van der Waals surface area contributed by atoms with E-state index in [-0.39, 0.29) is 29.5 Å². The first-order valence-electron chi connectivity index (χ1n) is 13.6. The second-order valence-corrected chi connectivity index (χ2v) is 12.8. The second-order valence-electron chi connectivity index (χ2n) is 12.8. The third-order valence-corrected chi connectivity index (χ3v) is 8.88. The highest BCUT2D eigenvalue weighted by Crippen LogP contribution is 2.53. The van der Waals surface area contributed by atoms with E-state index in [1.807, 2.05) is 0 Å². The molecule has 1 heterocycles. The molecule has 3 aliphatic carbocycles. The van der Waals surface area contributed by atoms with Crippen molar-refractivity contribution in [2.75, 3.05) is 26.9 Å². The lowest BCUT2D eigenvalue weighted by Gasteiger charge is -2.49. The van der Waals surface area contributed by atoms with Crippen molar-refractivity contribution in [2.24, 2.45) is 23.2 Å². The fourth-order valence-corrected chi connectivity index (χ4v) is 7.80. The van der Waals surface area contributed by atoms with Gasteiger partial charge in [-0.15, -0.1) is 0 Å². The number of aliphatic hydroxyl groups is 1. The van der Waals surface area contributed by atoms with Crippen LogP contribution in [-0.2, 0) is 4.74 Å². The number of nitrogens with zero attached hydrogens (tertiary/aromatic N) is 1. The van der Waals surface area contributed by atoms with Crippen LogP contribution in [0.5, 0.6) is 5.75 Å². The highest BCUT2D eigenvalue weighted by Gasteiger charge is 2.46. The van der Waals surface area contributed by atoms with E-state index >= 15 is 4.39 Å². The Kier molecular flexibility index (Phi) is 6.67. The Morgan fingerprint density at radius 3 is 2.46 bits per heavy atom. The number of β-amino-alcohol motifs (C(OH)–C–C–N with tert-alkyl or cyclic N) is 1. The monoisotopic (exact) mass is 487 g/mol. The molecule has 1 saturated heterocycles. The van der Waals surface area contributed by atoms with Gasteiger partial charge in [0.25, 0.3) is 5.91 Å². The summed E-state index contributed by atoms with van der Waals surface area (Å²) in [5.41, 5.74) is 0.224. The third kappa shape index (κ3) is 5.24. The lowest BCUT2D eigenvalue weighted by atomic mass is 9.57. The molecule has 0 spiro atoms. The Morgan fingerprint density at radius 1 is 1.14 bits per heavy atom. The molecule has 0 radical (unpaired) electrons. The van der Waals surface area contributed by atoms with Crippen LogP contribution in [0.2, 0.25) is 0 Å². The van der Waals surface area contributed by atoms with Gasteiger partial charge in [-0.05, 0) is 87.2 Å². The zero-order valence-corrected chi connectivity index (χ0v) is 21.8. The van der Waals surface area contributed by atoms with Gasteiger partial charge in [0.15, 0.2) is 0 Å². The van der Waals surface area contributed by atoms with Crippen molar-refractivity contribution < 1.29 is 23.8 Å². The van der Waals surface area contributed by atoms with E-state index in [0.29, 0.717) is 43.1 Å². The third-order valence-electron chi connectivity index (χ3n) is 8.88. The number of benzene rings is 1. The first-order chi connectivity index (χ1) is 16.6. The number of carbonyl (C=O) groups is 1. The second kappa shape index (κ2) is 9.33. The fourth-order valence-electron chi connectivity index (χ4n) is 7.80. The van der Waals surface area contributed by atoms with Crippen LogP contribution in [0.1, 0.15) is 94.0 Å². The molecule has 3 saturated carbocycles. The summed E-state index contributed by atoms with van der Waals surface area (Å²) in [7, 11) is 1.58. The van der Waals surface area contributed by atoms with Crippen LogP contribution < -0.4 is 4.74 Å². The van der Waals surface area contributed by atoms with Crippen molar-refractivity contribution in [3.63, 3.8) is 0 Å². The molecule has 4 fully saturated rings. The number of hydrogen-bond acceptors (Lipinski definition) is 4. The minimum atomic E-state index is -0.997. The van der Waals surface area contributed by atoms with Gasteiger partial charge in [-0.2, -0.15) is 0 Å². The first kappa shape index (κ1) is 25.0. The summed E-state index contributed by atoms with van der Waals surface area (Å²) in [6.45, 7) is 7.57. The van der Waals surface area contributed by atoms with Crippen molar-refractivity contribution >= 4 is 5.91 Å². The Balaban J connectivity index is 1.38. The van der Waals surface area contributed by atoms with Crippen LogP contribution in [0.15, 0.2) is 12.1 Å². The molecule has 194 valence electrons. The van der Waals surface area contributed by atoms with Crippen LogP contribution in [0.3, 0.4) is 0 Å². The smallest absolute Gasteiger partial charge is 0.257 e. The predicted molar refractivity (Wildman–Crippen MR) is 133 cm³/mol. The van der Waals surface area contributed by atoms with Gasteiger partial charge < -0.3 is 19.5 Å². The topological polar surface area (TPSA) is 59.0 Å². The summed E-state index contributed by atoms with van der Waals surface area (Å²) in [5.74, 6) is 2.23. The molecule has 1 aromatic rings. The van der Waals surface area contributed by atoms with E-state index < -0.39 is 11.4 Å². The Bertz CT molecular complexity index is 939. The predicted octanol–water partition coefficient (Wildman–Crippen LogP) is 5.55. The molecule has 4 atom stereocenters. The van der Waals surface area contributed by atoms with Gasteiger partial charge in [0.1, 0.15) is 11.6 Å². The van der Waals surface area contributed by atoms with Gasteiger partial charge >= 0.3 is 0 Å². The maximum Gasteiger partial charge on any atom is 0.257 e. The van der Waals surface area contributed by atoms with Crippen molar-refractivity contribution in [1.82, 2.24) is 4.90 Å². The zero-order chi connectivity index (χ0) is 25.0. The van der Waals surface area contributed by atoms with Crippen molar-refractivity contribution in [3.05, 3.63) is 29.1 Å². The molecule has 1 aromatic carbocycles. The first-order valence-corrected chi connectivity index (χ1v) is 13.6. The molecule has 1 amide bonds. The minimum absolute atomic E-state index is 0.0776. The molecule has 2 bridgehead atoms. The Morgan fingerprint density at radius 2 is 1.83 bits per heavy atom. The SMILES string of the molecule is COC[C@@H]1CC(C)(O)CN1C(=O)c1cc(C2CC2)c(OCC23CC(C)CC(CC(C)C2)C3)cc1F. The summed E-state index contributed by atoms with van der Waals surface area (Å²) in [4.78, 5) is 15.0. The molecule has 5 nitrogen and oxygen atoms in total. The molecule has 3 unspecified atom stereocenters. The average Bonchev–Trinajstić information content (AvgIpc) is 3.55. The standard InChI is InChI=1S/C29H42FNO4/c1-18-7-20-8-19(2)12-29(11-18,13-20)17-35-26-10-25(30)24(9-23(26)21-5-6-21)27(32)31-16-28(3,33)14-22(31)15-34-4/h9-10,18-22,33H,5-8,11-17H2,1-4H3/t18?,19?,20?,22-,28?,29?/m0/s1. The summed E-state index contributed by atoms with van der Waals surface area (Å²) in [6.07, 6.45) is 8.72. The van der Waals surface area contributed by atoms with Crippen LogP contribution in [0, 0.1) is 29.0 Å². The number of fused-ring (bicyclic) bond motifs is 2. The molecule has 0 aromatic heterocycles. The molecule has 6 heteroatoms. The van der Waals surface area contributed by atoms with E-state index in [1.165, 1.54) is 38.2 Å². The number of hydrogen-bond donors (Lipinski definition) is 1. The molecule has 4 aliphatic rings. The highest BCUT2D eigenvalue weighted by molar-refractivity contribution is 5.95. The number of halogens is 1. The number of ether oxygens (including phenoxy) is 2. The van der Waals surface area contributed by atoms with E-state index in [2.05, 4.69) is 13.8 Å². The maximum atomic E-state index is 15.4. The van der Waals surface area contributed by atoms with Gasteiger partial charge in [0.05, 0.1) is 30.4 Å². The highest BCUT2D eigenvalue weighted by atomic mass is 19.1. The summed E-state index contributed by atoms with van der Waals surface area (Å²) in [5, 5.41) is 10.6. The van der Waals surface area contributed by atoms with Crippen LogP contribution in [0.25, 0.3) is 0 Å².